The Labute approximate surface area is 110 Å². The molecule has 104 valence electrons. The van der Waals surface area contributed by atoms with Crippen LogP contribution in [0.25, 0.3) is 0 Å². The molecule has 2 saturated carbocycles. The largest absolute Gasteiger partial charge is 0.353 e. The van der Waals surface area contributed by atoms with Crippen molar-refractivity contribution in [1.29, 1.82) is 0 Å². The first-order chi connectivity index (χ1) is 8.49. The molecule has 0 aromatic rings. The van der Waals surface area contributed by atoms with Gasteiger partial charge >= 0.3 is 0 Å². The highest BCUT2D eigenvalue weighted by atomic mass is 16.2. The fourth-order valence-corrected chi connectivity index (χ4v) is 3.47. The van der Waals surface area contributed by atoms with E-state index >= 15 is 0 Å². The highest BCUT2D eigenvalue weighted by Gasteiger charge is 2.40. The smallest absolute Gasteiger partial charge is 0.240 e. The minimum atomic E-state index is -0.591. The molecular formula is C14H27N3O. The number of nitrogens with two attached hydrogens (primary N) is 1. The minimum Gasteiger partial charge on any atom is -0.353 e. The topological polar surface area (TPSA) is 58.4 Å². The maximum absolute atomic E-state index is 12.2. The second kappa shape index (κ2) is 5.17. The Morgan fingerprint density at radius 1 is 1.11 bits per heavy atom. The van der Waals surface area contributed by atoms with Crippen LogP contribution in [0, 0.1) is 0 Å². The van der Waals surface area contributed by atoms with Gasteiger partial charge < -0.3 is 16.0 Å². The molecule has 0 aromatic heterocycles. The molecule has 0 unspecified atom stereocenters. The van der Waals surface area contributed by atoms with Gasteiger partial charge in [0.1, 0.15) is 0 Å². The Bertz CT molecular complexity index is 302. The van der Waals surface area contributed by atoms with E-state index in [1.807, 2.05) is 0 Å². The summed E-state index contributed by atoms with van der Waals surface area (Å²) in [5.74, 6) is 0.0631. The zero-order chi connectivity index (χ0) is 13.2. The standard InChI is InChI=1S/C14H27N3O/c1-17(2)13(7-3-4-8-13)11-16-12(18)14(15)9-5-6-10-14/h3-11,15H2,1-2H3,(H,16,18). The maximum atomic E-state index is 12.2. The van der Waals surface area contributed by atoms with Gasteiger partial charge in [-0.15, -0.1) is 0 Å². The van der Waals surface area contributed by atoms with Crippen molar-refractivity contribution in [2.24, 2.45) is 5.73 Å². The van der Waals surface area contributed by atoms with Crippen LogP contribution < -0.4 is 11.1 Å². The zero-order valence-electron chi connectivity index (χ0n) is 11.8. The molecular weight excluding hydrogens is 226 g/mol. The van der Waals surface area contributed by atoms with E-state index in [1.54, 1.807) is 0 Å². The molecule has 2 rings (SSSR count). The Morgan fingerprint density at radius 3 is 2.11 bits per heavy atom. The fourth-order valence-electron chi connectivity index (χ4n) is 3.47. The van der Waals surface area contributed by atoms with Crippen molar-refractivity contribution >= 4 is 5.91 Å². The van der Waals surface area contributed by atoms with Gasteiger partial charge in [0.2, 0.25) is 5.91 Å². The highest BCUT2D eigenvalue weighted by Crippen LogP contribution is 2.33. The Hall–Kier alpha value is -0.610. The highest BCUT2D eigenvalue weighted by molar-refractivity contribution is 5.86. The summed E-state index contributed by atoms with van der Waals surface area (Å²) in [4.78, 5) is 14.5. The van der Waals surface area contributed by atoms with Crippen LogP contribution in [0.5, 0.6) is 0 Å². The third-order valence-corrected chi connectivity index (χ3v) is 5.01. The monoisotopic (exact) mass is 253 g/mol. The van der Waals surface area contributed by atoms with Crippen molar-refractivity contribution in [2.45, 2.75) is 62.4 Å². The number of amides is 1. The van der Waals surface area contributed by atoms with Crippen LogP contribution in [-0.4, -0.2) is 42.5 Å². The van der Waals surface area contributed by atoms with Crippen LogP contribution in [0.2, 0.25) is 0 Å². The summed E-state index contributed by atoms with van der Waals surface area (Å²) in [6.07, 6.45) is 8.74. The number of carbonyl (C=O) groups excluding carboxylic acids is 1. The van der Waals surface area contributed by atoms with E-state index in [1.165, 1.54) is 25.7 Å². The quantitative estimate of drug-likeness (QED) is 0.793. The molecule has 2 aliphatic carbocycles. The van der Waals surface area contributed by atoms with Crippen molar-refractivity contribution in [3.63, 3.8) is 0 Å². The normalized spacial score (nSPS) is 25.6. The van der Waals surface area contributed by atoms with Crippen molar-refractivity contribution in [2.75, 3.05) is 20.6 Å². The minimum absolute atomic E-state index is 0.0631. The molecule has 0 radical (unpaired) electrons. The van der Waals surface area contributed by atoms with Gasteiger partial charge in [0.15, 0.2) is 0 Å². The van der Waals surface area contributed by atoms with E-state index in [9.17, 15) is 4.79 Å². The van der Waals surface area contributed by atoms with Gasteiger partial charge in [0.25, 0.3) is 0 Å². The van der Waals surface area contributed by atoms with Gasteiger partial charge in [0.05, 0.1) is 5.54 Å². The predicted molar refractivity (Wildman–Crippen MR) is 73.3 cm³/mol. The lowest BCUT2D eigenvalue weighted by Gasteiger charge is -2.37. The molecule has 4 heteroatoms. The SMILES string of the molecule is CN(C)C1(CNC(=O)C2(N)CCCC2)CCCC1. The first-order valence-corrected chi connectivity index (χ1v) is 7.23. The third-order valence-electron chi connectivity index (χ3n) is 5.01. The fraction of sp³-hybridized carbons (Fsp3) is 0.929. The lowest BCUT2D eigenvalue weighted by molar-refractivity contribution is -0.126. The summed E-state index contributed by atoms with van der Waals surface area (Å²) in [5.41, 5.74) is 5.75. The van der Waals surface area contributed by atoms with Crippen LogP contribution in [-0.2, 0) is 4.79 Å². The average molecular weight is 253 g/mol. The van der Waals surface area contributed by atoms with Crippen LogP contribution in [0.4, 0.5) is 0 Å². The lowest BCUT2D eigenvalue weighted by atomic mass is 9.94. The number of rotatable bonds is 4. The summed E-state index contributed by atoms with van der Waals surface area (Å²) in [5, 5.41) is 3.12. The van der Waals surface area contributed by atoms with Crippen LogP contribution >= 0.6 is 0 Å². The molecule has 0 spiro atoms. The predicted octanol–water partition coefficient (Wildman–Crippen LogP) is 1.25. The van der Waals surface area contributed by atoms with Gasteiger partial charge in [0, 0.05) is 12.1 Å². The number of nitrogens with zero attached hydrogens (tertiary/aromatic N) is 1. The van der Waals surface area contributed by atoms with E-state index < -0.39 is 5.54 Å². The van der Waals surface area contributed by atoms with Crippen molar-refractivity contribution in [3.05, 3.63) is 0 Å². The molecule has 0 saturated heterocycles. The second-order valence-electron chi connectivity index (χ2n) is 6.37. The lowest BCUT2D eigenvalue weighted by Crippen LogP contribution is -2.57. The summed E-state index contributed by atoms with van der Waals surface area (Å²) in [6, 6.07) is 0. The first-order valence-electron chi connectivity index (χ1n) is 7.23. The van der Waals surface area contributed by atoms with E-state index in [2.05, 4.69) is 24.3 Å². The van der Waals surface area contributed by atoms with E-state index in [-0.39, 0.29) is 11.4 Å². The van der Waals surface area contributed by atoms with Gasteiger partial charge in [-0.2, -0.15) is 0 Å². The summed E-state index contributed by atoms with van der Waals surface area (Å²) in [7, 11) is 4.23. The summed E-state index contributed by atoms with van der Waals surface area (Å²) >= 11 is 0. The summed E-state index contributed by atoms with van der Waals surface area (Å²) < 4.78 is 0. The van der Waals surface area contributed by atoms with Crippen molar-refractivity contribution < 1.29 is 4.79 Å². The molecule has 3 N–H and O–H groups in total. The first kappa shape index (κ1) is 13.8. The van der Waals surface area contributed by atoms with E-state index in [4.69, 9.17) is 5.73 Å². The van der Waals surface area contributed by atoms with E-state index in [0.717, 1.165) is 32.2 Å². The molecule has 0 aromatic carbocycles. The molecule has 0 heterocycles. The molecule has 18 heavy (non-hydrogen) atoms. The zero-order valence-corrected chi connectivity index (χ0v) is 11.8. The third kappa shape index (κ3) is 2.54. The number of nitrogens with one attached hydrogen (secondary N) is 1. The second-order valence-corrected chi connectivity index (χ2v) is 6.37. The number of hydrogen-bond donors (Lipinski definition) is 2. The van der Waals surface area contributed by atoms with Gasteiger partial charge in [-0.1, -0.05) is 25.7 Å². The Balaban J connectivity index is 1.92. The van der Waals surface area contributed by atoms with Crippen LogP contribution in [0.3, 0.4) is 0 Å². The molecule has 2 fully saturated rings. The number of hydrogen-bond acceptors (Lipinski definition) is 3. The van der Waals surface area contributed by atoms with Crippen LogP contribution in [0.1, 0.15) is 51.4 Å². The van der Waals surface area contributed by atoms with Gasteiger partial charge in [-0.3, -0.25) is 4.79 Å². The van der Waals surface area contributed by atoms with E-state index in [0.29, 0.717) is 0 Å². The maximum Gasteiger partial charge on any atom is 0.240 e. The van der Waals surface area contributed by atoms with Crippen LogP contribution in [0.15, 0.2) is 0 Å². The summed E-state index contributed by atoms with van der Waals surface area (Å²) in [6.45, 7) is 0.748. The van der Waals surface area contributed by atoms with Gasteiger partial charge in [-0.25, -0.2) is 0 Å². The molecule has 1 amide bonds. The number of likely N-dealkylation sites (N-methyl/N-ethyl adjacent to an activating group) is 1. The molecule has 4 nitrogen and oxygen atoms in total. The van der Waals surface area contributed by atoms with Crippen molar-refractivity contribution in [1.82, 2.24) is 10.2 Å². The van der Waals surface area contributed by atoms with Crippen molar-refractivity contribution in [3.8, 4) is 0 Å². The molecule has 0 bridgehead atoms. The molecule has 2 aliphatic rings. The van der Waals surface area contributed by atoms with Gasteiger partial charge in [-0.05, 0) is 39.8 Å². The Morgan fingerprint density at radius 2 is 1.61 bits per heavy atom. The molecule has 0 atom stereocenters. The number of carbonyl (C=O) groups is 1. The Kier molecular flexibility index (Phi) is 3.97. The average Bonchev–Trinajstić information content (AvgIpc) is 2.96. The molecule has 0 aliphatic heterocycles.